The Hall–Kier alpha value is -2.38. The van der Waals surface area contributed by atoms with E-state index >= 15 is 0 Å². The number of carbonyl (C=O) groups excluding carboxylic acids is 1. The van der Waals surface area contributed by atoms with Gasteiger partial charge >= 0.3 is 0 Å². The zero-order valence-corrected chi connectivity index (χ0v) is 16.0. The minimum absolute atomic E-state index is 0.0894. The number of Topliss-reactive ketones (excluding diaryl/α,β-unsaturated/α-hetero) is 1. The lowest BCUT2D eigenvalue weighted by atomic mass is 10.2. The van der Waals surface area contributed by atoms with Crippen molar-refractivity contribution >= 4 is 17.5 Å². The summed E-state index contributed by atoms with van der Waals surface area (Å²) in [5, 5.41) is 8.74. The SMILES string of the molecule is COCCn1cnnc1SCC(=O)c1cc(C)n(-c2ccccc2)c1C. The Morgan fingerprint density at radius 1 is 1.23 bits per heavy atom. The van der Waals surface area contributed by atoms with Crippen molar-refractivity contribution in [3.63, 3.8) is 0 Å². The van der Waals surface area contributed by atoms with Crippen LogP contribution in [0.15, 0.2) is 47.9 Å². The molecule has 1 aromatic carbocycles. The summed E-state index contributed by atoms with van der Waals surface area (Å²) < 4.78 is 9.09. The monoisotopic (exact) mass is 370 g/mol. The molecule has 0 radical (unpaired) electrons. The van der Waals surface area contributed by atoms with E-state index in [1.807, 2.05) is 54.8 Å². The molecule has 0 N–H and O–H groups in total. The van der Waals surface area contributed by atoms with Crippen LogP contribution < -0.4 is 0 Å². The largest absolute Gasteiger partial charge is 0.383 e. The average molecular weight is 370 g/mol. The molecule has 0 amide bonds. The Balaban J connectivity index is 1.74. The molecule has 0 saturated heterocycles. The maximum atomic E-state index is 12.8. The van der Waals surface area contributed by atoms with E-state index < -0.39 is 0 Å². The molecule has 0 unspecified atom stereocenters. The highest BCUT2D eigenvalue weighted by atomic mass is 32.2. The van der Waals surface area contributed by atoms with Crippen molar-refractivity contribution in [2.24, 2.45) is 0 Å². The van der Waals surface area contributed by atoms with Crippen molar-refractivity contribution in [1.82, 2.24) is 19.3 Å². The van der Waals surface area contributed by atoms with Gasteiger partial charge in [0.25, 0.3) is 0 Å². The molecule has 0 aliphatic heterocycles. The number of nitrogens with zero attached hydrogens (tertiary/aromatic N) is 4. The predicted octanol–water partition coefficient (Wildman–Crippen LogP) is 3.31. The van der Waals surface area contributed by atoms with E-state index in [9.17, 15) is 4.79 Å². The first-order chi connectivity index (χ1) is 12.6. The highest BCUT2D eigenvalue weighted by Crippen LogP contribution is 2.23. The van der Waals surface area contributed by atoms with Gasteiger partial charge in [-0.05, 0) is 32.0 Å². The van der Waals surface area contributed by atoms with Crippen LogP contribution in [0.5, 0.6) is 0 Å². The summed E-state index contributed by atoms with van der Waals surface area (Å²) in [6, 6.07) is 12.0. The summed E-state index contributed by atoms with van der Waals surface area (Å²) in [6.07, 6.45) is 1.66. The number of hydrogen-bond acceptors (Lipinski definition) is 5. The lowest BCUT2D eigenvalue weighted by Gasteiger charge is -2.09. The first-order valence-corrected chi connectivity index (χ1v) is 9.37. The zero-order chi connectivity index (χ0) is 18.5. The minimum Gasteiger partial charge on any atom is -0.383 e. The highest BCUT2D eigenvalue weighted by Gasteiger charge is 2.18. The molecule has 136 valence electrons. The van der Waals surface area contributed by atoms with E-state index in [0.717, 1.165) is 27.8 Å². The Kier molecular flexibility index (Phi) is 5.90. The van der Waals surface area contributed by atoms with Gasteiger partial charge in [0.05, 0.1) is 12.4 Å². The van der Waals surface area contributed by atoms with Crippen molar-refractivity contribution in [1.29, 1.82) is 0 Å². The van der Waals surface area contributed by atoms with Gasteiger partial charge in [0, 0.05) is 36.3 Å². The molecular formula is C19H22N4O2S. The molecule has 0 saturated carbocycles. The molecule has 3 rings (SSSR count). The van der Waals surface area contributed by atoms with Crippen LogP contribution in [-0.4, -0.2) is 44.6 Å². The third-order valence-electron chi connectivity index (χ3n) is 4.19. The average Bonchev–Trinajstić information content (AvgIpc) is 3.22. The van der Waals surface area contributed by atoms with Crippen LogP contribution in [-0.2, 0) is 11.3 Å². The predicted molar refractivity (Wildman–Crippen MR) is 102 cm³/mol. The Labute approximate surface area is 157 Å². The van der Waals surface area contributed by atoms with Crippen LogP contribution in [0.3, 0.4) is 0 Å². The lowest BCUT2D eigenvalue weighted by molar-refractivity contribution is 0.102. The van der Waals surface area contributed by atoms with E-state index in [0.29, 0.717) is 18.9 Å². The number of ketones is 1. The van der Waals surface area contributed by atoms with Gasteiger partial charge in [-0.2, -0.15) is 0 Å². The molecule has 0 bridgehead atoms. The number of aryl methyl sites for hydroxylation is 1. The summed E-state index contributed by atoms with van der Waals surface area (Å²) in [5.41, 5.74) is 3.82. The van der Waals surface area contributed by atoms with Crippen LogP contribution in [0, 0.1) is 13.8 Å². The molecule has 7 heteroatoms. The fraction of sp³-hybridized carbons (Fsp3) is 0.316. The van der Waals surface area contributed by atoms with Crippen molar-refractivity contribution < 1.29 is 9.53 Å². The summed E-state index contributed by atoms with van der Waals surface area (Å²) in [6.45, 7) is 5.25. The molecule has 0 aliphatic carbocycles. The van der Waals surface area contributed by atoms with Gasteiger partial charge in [-0.25, -0.2) is 0 Å². The molecule has 3 aromatic rings. The first kappa shape index (κ1) is 18.4. The van der Waals surface area contributed by atoms with Gasteiger partial charge in [0.15, 0.2) is 10.9 Å². The van der Waals surface area contributed by atoms with E-state index in [2.05, 4.69) is 14.8 Å². The lowest BCUT2D eigenvalue weighted by Crippen LogP contribution is -2.08. The second-order valence-electron chi connectivity index (χ2n) is 5.97. The van der Waals surface area contributed by atoms with E-state index in [1.165, 1.54) is 11.8 Å². The Morgan fingerprint density at radius 3 is 2.73 bits per heavy atom. The van der Waals surface area contributed by atoms with Crippen LogP contribution >= 0.6 is 11.8 Å². The smallest absolute Gasteiger partial charge is 0.191 e. The quantitative estimate of drug-likeness (QED) is 0.450. The number of benzene rings is 1. The van der Waals surface area contributed by atoms with Crippen molar-refractivity contribution in [2.75, 3.05) is 19.5 Å². The number of hydrogen-bond donors (Lipinski definition) is 0. The Bertz CT molecular complexity index is 886. The molecule has 26 heavy (non-hydrogen) atoms. The molecule has 0 aliphatic rings. The normalized spacial score (nSPS) is 11.0. The third kappa shape index (κ3) is 3.89. The van der Waals surface area contributed by atoms with E-state index in [-0.39, 0.29) is 5.78 Å². The van der Waals surface area contributed by atoms with E-state index in [4.69, 9.17) is 4.74 Å². The van der Waals surface area contributed by atoms with Crippen LogP contribution in [0.1, 0.15) is 21.7 Å². The minimum atomic E-state index is 0.0894. The number of aromatic nitrogens is 4. The summed E-state index contributed by atoms with van der Waals surface area (Å²) >= 11 is 1.40. The standard InChI is InChI=1S/C19H22N4O2S/c1-14-11-17(15(2)23(14)16-7-5-4-6-8-16)18(24)12-26-19-21-20-13-22(19)9-10-25-3/h4-8,11,13H,9-10,12H2,1-3H3. The number of carbonyl (C=O) groups is 1. The van der Waals surface area contributed by atoms with Crippen LogP contribution in [0.25, 0.3) is 5.69 Å². The van der Waals surface area contributed by atoms with Crippen molar-refractivity contribution in [2.45, 2.75) is 25.5 Å². The summed E-state index contributed by atoms with van der Waals surface area (Å²) in [5.74, 6) is 0.414. The molecule has 6 nitrogen and oxygen atoms in total. The van der Waals surface area contributed by atoms with Crippen molar-refractivity contribution in [3.8, 4) is 5.69 Å². The molecule has 0 fully saturated rings. The molecule has 2 aromatic heterocycles. The van der Waals surface area contributed by atoms with Gasteiger partial charge in [-0.3, -0.25) is 4.79 Å². The van der Waals surface area contributed by atoms with Gasteiger partial charge in [-0.1, -0.05) is 30.0 Å². The van der Waals surface area contributed by atoms with Crippen molar-refractivity contribution in [3.05, 3.63) is 59.7 Å². The van der Waals surface area contributed by atoms with Gasteiger partial charge in [0.2, 0.25) is 0 Å². The Morgan fingerprint density at radius 2 is 2.00 bits per heavy atom. The molecule has 0 spiro atoms. The third-order valence-corrected chi connectivity index (χ3v) is 5.18. The number of rotatable bonds is 8. The fourth-order valence-corrected chi connectivity index (χ4v) is 3.75. The number of methoxy groups -OCH3 is 1. The highest BCUT2D eigenvalue weighted by molar-refractivity contribution is 7.99. The second-order valence-corrected chi connectivity index (χ2v) is 6.91. The van der Waals surface area contributed by atoms with Gasteiger partial charge < -0.3 is 13.9 Å². The first-order valence-electron chi connectivity index (χ1n) is 8.39. The van der Waals surface area contributed by atoms with Gasteiger partial charge in [0.1, 0.15) is 6.33 Å². The number of thioether (sulfide) groups is 1. The molecular weight excluding hydrogens is 348 g/mol. The second kappa shape index (κ2) is 8.33. The maximum absolute atomic E-state index is 12.8. The molecule has 2 heterocycles. The summed E-state index contributed by atoms with van der Waals surface area (Å²) in [4.78, 5) is 12.8. The number of para-hydroxylation sites is 1. The molecule has 0 atom stereocenters. The van der Waals surface area contributed by atoms with E-state index in [1.54, 1.807) is 13.4 Å². The zero-order valence-electron chi connectivity index (χ0n) is 15.2. The summed E-state index contributed by atoms with van der Waals surface area (Å²) in [7, 11) is 1.66. The van der Waals surface area contributed by atoms with Crippen LogP contribution in [0.4, 0.5) is 0 Å². The van der Waals surface area contributed by atoms with Gasteiger partial charge in [-0.15, -0.1) is 10.2 Å². The fourth-order valence-electron chi connectivity index (χ4n) is 2.93. The topological polar surface area (TPSA) is 61.9 Å². The number of ether oxygens (including phenoxy) is 1. The maximum Gasteiger partial charge on any atom is 0.191 e. The van der Waals surface area contributed by atoms with Crippen LogP contribution in [0.2, 0.25) is 0 Å².